The van der Waals surface area contributed by atoms with Crippen LogP contribution in [-0.4, -0.2) is 48.3 Å². The number of para-hydroxylation sites is 1. The van der Waals surface area contributed by atoms with Crippen LogP contribution in [0.1, 0.15) is 17.5 Å². The summed E-state index contributed by atoms with van der Waals surface area (Å²) in [4.78, 5) is 9.13. The fraction of sp³-hybridized carbons (Fsp3) is 0.450. The molecule has 0 amide bonds. The number of pyridine rings is 1. The molecule has 1 aromatic carbocycles. The van der Waals surface area contributed by atoms with Gasteiger partial charge in [0.1, 0.15) is 0 Å². The quantitative estimate of drug-likeness (QED) is 0.809. The van der Waals surface area contributed by atoms with Gasteiger partial charge in [0.15, 0.2) is 11.5 Å². The summed E-state index contributed by atoms with van der Waals surface area (Å²) in [6, 6.07) is 10.3. The fourth-order valence-electron chi connectivity index (χ4n) is 3.87. The van der Waals surface area contributed by atoms with E-state index in [1.54, 1.807) is 0 Å². The van der Waals surface area contributed by atoms with Crippen molar-refractivity contribution in [2.75, 3.05) is 33.5 Å². The molecule has 4 rings (SSSR count). The lowest BCUT2D eigenvalue weighted by molar-refractivity contribution is 0.172. The molecule has 3 heterocycles. The molecule has 1 saturated heterocycles. The molecule has 2 aromatic rings. The van der Waals surface area contributed by atoms with Crippen molar-refractivity contribution in [1.29, 1.82) is 0 Å². The van der Waals surface area contributed by atoms with E-state index in [4.69, 9.17) is 9.47 Å². The average molecular weight is 339 g/mol. The molecule has 0 N–H and O–H groups in total. The van der Waals surface area contributed by atoms with Gasteiger partial charge in [0.05, 0.1) is 0 Å². The number of aromatic nitrogens is 1. The van der Waals surface area contributed by atoms with Crippen LogP contribution in [0.15, 0.2) is 42.7 Å². The summed E-state index contributed by atoms with van der Waals surface area (Å²) in [5.74, 6) is 2.53. The van der Waals surface area contributed by atoms with Gasteiger partial charge in [-0.25, -0.2) is 0 Å². The summed E-state index contributed by atoms with van der Waals surface area (Å²) < 4.78 is 11.1. The van der Waals surface area contributed by atoms with E-state index in [0.29, 0.717) is 6.79 Å². The monoisotopic (exact) mass is 339 g/mol. The zero-order valence-electron chi connectivity index (χ0n) is 14.7. The Morgan fingerprint density at radius 2 is 2.20 bits per heavy atom. The van der Waals surface area contributed by atoms with Crippen molar-refractivity contribution in [2.24, 2.45) is 5.92 Å². The van der Waals surface area contributed by atoms with Gasteiger partial charge in [-0.2, -0.15) is 0 Å². The lowest BCUT2D eigenvalue weighted by Gasteiger charge is -2.22. The number of hydrogen-bond acceptors (Lipinski definition) is 5. The third-order valence-corrected chi connectivity index (χ3v) is 4.99. The Labute approximate surface area is 149 Å². The molecule has 25 heavy (non-hydrogen) atoms. The minimum absolute atomic E-state index is 0.341. The molecule has 2 aliphatic heterocycles. The first-order chi connectivity index (χ1) is 12.3. The minimum Gasteiger partial charge on any atom is -0.454 e. The number of fused-ring (bicyclic) bond motifs is 1. The van der Waals surface area contributed by atoms with Gasteiger partial charge < -0.3 is 14.4 Å². The van der Waals surface area contributed by atoms with Gasteiger partial charge in [-0.15, -0.1) is 0 Å². The zero-order valence-corrected chi connectivity index (χ0v) is 14.7. The Bertz CT molecular complexity index is 707. The van der Waals surface area contributed by atoms with Crippen molar-refractivity contribution in [3.05, 3.63) is 53.9 Å². The standard InChI is InChI=1S/C20H25N3O2/c1-22(11-16-4-3-8-21-10-16)12-17-7-9-23(13-17)14-18-5-2-6-19-20(18)25-15-24-19/h2-6,8,10,17H,7,9,11-15H2,1H3/t17-/m0/s1. The molecule has 5 nitrogen and oxygen atoms in total. The third-order valence-electron chi connectivity index (χ3n) is 4.99. The van der Waals surface area contributed by atoms with Crippen LogP contribution in [0.5, 0.6) is 11.5 Å². The molecule has 5 heteroatoms. The molecule has 0 bridgehead atoms. The van der Waals surface area contributed by atoms with Crippen molar-refractivity contribution in [2.45, 2.75) is 19.5 Å². The molecule has 1 aromatic heterocycles. The molecule has 0 spiro atoms. The highest BCUT2D eigenvalue weighted by atomic mass is 16.7. The molecule has 2 aliphatic rings. The SMILES string of the molecule is CN(Cc1cccnc1)C[C@@H]1CCN(Cc2cccc3c2OCO3)C1. The second-order valence-corrected chi connectivity index (χ2v) is 7.10. The normalized spacial score (nSPS) is 19.7. The molecule has 1 fully saturated rings. The largest absolute Gasteiger partial charge is 0.454 e. The van der Waals surface area contributed by atoms with Crippen LogP contribution in [-0.2, 0) is 13.1 Å². The lowest BCUT2D eigenvalue weighted by atomic mass is 10.1. The molecular weight excluding hydrogens is 314 g/mol. The van der Waals surface area contributed by atoms with E-state index in [1.165, 1.54) is 17.5 Å². The van der Waals surface area contributed by atoms with E-state index in [0.717, 1.165) is 50.1 Å². The van der Waals surface area contributed by atoms with Crippen molar-refractivity contribution >= 4 is 0 Å². The second-order valence-electron chi connectivity index (χ2n) is 7.10. The van der Waals surface area contributed by atoms with Crippen LogP contribution in [0.3, 0.4) is 0 Å². The highest BCUT2D eigenvalue weighted by Crippen LogP contribution is 2.36. The molecule has 0 radical (unpaired) electrons. The molecule has 132 valence electrons. The molecule has 0 unspecified atom stereocenters. The van der Waals surface area contributed by atoms with Gasteiger partial charge in [0, 0.05) is 44.1 Å². The van der Waals surface area contributed by atoms with Gasteiger partial charge in [-0.3, -0.25) is 9.88 Å². The van der Waals surface area contributed by atoms with Crippen molar-refractivity contribution in [3.63, 3.8) is 0 Å². The van der Waals surface area contributed by atoms with E-state index in [9.17, 15) is 0 Å². The molecule has 0 saturated carbocycles. The van der Waals surface area contributed by atoms with E-state index in [2.05, 4.69) is 40.0 Å². The molecule has 0 aliphatic carbocycles. The molecular formula is C20H25N3O2. The predicted molar refractivity (Wildman–Crippen MR) is 96.5 cm³/mol. The predicted octanol–water partition coefficient (Wildman–Crippen LogP) is 2.76. The van der Waals surface area contributed by atoms with Gasteiger partial charge in [0.25, 0.3) is 0 Å². The number of benzene rings is 1. The molecule has 1 atom stereocenters. The lowest BCUT2D eigenvalue weighted by Crippen LogP contribution is -2.28. The Kier molecular flexibility index (Phi) is 4.85. The van der Waals surface area contributed by atoms with Crippen molar-refractivity contribution in [3.8, 4) is 11.5 Å². The van der Waals surface area contributed by atoms with Crippen LogP contribution >= 0.6 is 0 Å². The van der Waals surface area contributed by atoms with Crippen LogP contribution in [0.4, 0.5) is 0 Å². The van der Waals surface area contributed by atoms with Crippen LogP contribution in [0, 0.1) is 5.92 Å². The maximum atomic E-state index is 5.63. The number of ether oxygens (including phenoxy) is 2. The number of rotatable bonds is 6. The summed E-state index contributed by atoms with van der Waals surface area (Å²) in [7, 11) is 2.20. The number of likely N-dealkylation sites (tertiary alicyclic amines) is 1. The Morgan fingerprint density at radius 1 is 1.24 bits per heavy atom. The van der Waals surface area contributed by atoms with Crippen LogP contribution in [0.2, 0.25) is 0 Å². The number of hydrogen-bond donors (Lipinski definition) is 0. The Balaban J connectivity index is 1.29. The minimum atomic E-state index is 0.341. The zero-order chi connectivity index (χ0) is 17.1. The topological polar surface area (TPSA) is 37.8 Å². The van der Waals surface area contributed by atoms with Crippen molar-refractivity contribution in [1.82, 2.24) is 14.8 Å². The third kappa shape index (κ3) is 3.94. The first-order valence-corrected chi connectivity index (χ1v) is 8.95. The van der Waals surface area contributed by atoms with Crippen LogP contribution < -0.4 is 9.47 Å². The average Bonchev–Trinajstić information content (AvgIpc) is 3.25. The van der Waals surface area contributed by atoms with Crippen molar-refractivity contribution < 1.29 is 9.47 Å². The van der Waals surface area contributed by atoms with Gasteiger partial charge in [-0.05, 0) is 43.6 Å². The van der Waals surface area contributed by atoms with E-state index >= 15 is 0 Å². The summed E-state index contributed by atoms with van der Waals surface area (Å²) in [6.07, 6.45) is 5.03. The number of nitrogens with zero attached hydrogens (tertiary/aromatic N) is 3. The van der Waals surface area contributed by atoms with E-state index < -0.39 is 0 Å². The maximum Gasteiger partial charge on any atom is 0.231 e. The first kappa shape index (κ1) is 16.4. The first-order valence-electron chi connectivity index (χ1n) is 8.95. The van der Waals surface area contributed by atoms with Crippen LogP contribution in [0.25, 0.3) is 0 Å². The Morgan fingerprint density at radius 3 is 3.08 bits per heavy atom. The Hall–Kier alpha value is -2.11. The van der Waals surface area contributed by atoms with Gasteiger partial charge in [-0.1, -0.05) is 18.2 Å². The summed E-state index contributed by atoms with van der Waals surface area (Å²) in [5.41, 5.74) is 2.51. The van der Waals surface area contributed by atoms with Gasteiger partial charge >= 0.3 is 0 Å². The van der Waals surface area contributed by atoms with E-state index in [1.807, 2.05) is 24.5 Å². The smallest absolute Gasteiger partial charge is 0.231 e. The summed E-state index contributed by atoms with van der Waals surface area (Å²) >= 11 is 0. The summed E-state index contributed by atoms with van der Waals surface area (Å²) in [5, 5.41) is 0. The summed E-state index contributed by atoms with van der Waals surface area (Å²) in [6.45, 7) is 5.65. The van der Waals surface area contributed by atoms with E-state index in [-0.39, 0.29) is 0 Å². The fourth-order valence-corrected chi connectivity index (χ4v) is 3.87. The second kappa shape index (κ2) is 7.42. The maximum absolute atomic E-state index is 5.63. The highest BCUT2D eigenvalue weighted by molar-refractivity contribution is 5.48. The highest BCUT2D eigenvalue weighted by Gasteiger charge is 2.26. The van der Waals surface area contributed by atoms with Gasteiger partial charge in [0.2, 0.25) is 6.79 Å².